The van der Waals surface area contributed by atoms with Gasteiger partial charge < -0.3 is 11.1 Å². The van der Waals surface area contributed by atoms with Crippen molar-refractivity contribution in [2.24, 2.45) is 0 Å². The summed E-state index contributed by atoms with van der Waals surface area (Å²) in [7, 11) is 0. The number of nitrogens with zero attached hydrogens (tertiary/aromatic N) is 4. The molecular formula is C25H23F3N6O. The Balaban J connectivity index is 1.28. The van der Waals surface area contributed by atoms with Crippen molar-refractivity contribution in [1.82, 2.24) is 20.0 Å². The van der Waals surface area contributed by atoms with Gasteiger partial charge in [0.1, 0.15) is 0 Å². The van der Waals surface area contributed by atoms with E-state index in [9.17, 15) is 18.0 Å². The lowest BCUT2D eigenvalue weighted by molar-refractivity contribution is -0.137. The van der Waals surface area contributed by atoms with Gasteiger partial charge in [-0.3, -0.25) is 14.5 Å². The number of amides is 1. The van der Waals surface area contributed by atoms with Crippen molar-refractivity contribution < 1.29 is 18.0 Å². The second-order valence-corrected chi connectivity index (χ2v) is 8.01. The van der Waals surface area contributed by atoms with Crippen molar-refractivity contribution in [3.63, 3.8) is 0 Å². The number of pyridine rings is 1. The molecule has 0 aliphatic carbocycles. The quantitative estimate of drug-likeness (QED) is 0.355. The highest BCUT2D eigenvalue weighted by Crippen LogP contribution is 2.29. The Hall–Kier alpha value is -4.21. The molecule has 4 aromatic rings. The topological polar surface area (TPSA) is 98.7 Å². The Kier molecular flexibility index (Phi) is 7.09. The van der Waals surface area contributed by atoms with E-state index in [0.29, 0.717) is 36.5 Å². The number of aromatic nitrogens is 4. The van der Waals surface area contributed by atoms with E-state index in [-0.39, 0.29) is 12.3 Å². The van der Waals surface area contributed by atoms with Crippen LogP contribution in [0.5, 0.6) is 0 Å². The molecule has 180 valence electrons. The number of nitrogen functional groups attached to an aromatic ring is 1. The number of nitrogens with two attached hydrogens (primary N) is 1. The molecule has 2 aromatic heterocycles. The normalized spacial score (nSPS) is 11.4. The van der Waals surface area contributed by atoms with Gasteiger partial charge in [0.25, 0.3) is 0 Å². The van der Waals surface area contributed by atoms with Gasteiger partial charge in [-0.15, -0.1) is 5.10 Å². The second-order valence-electron chi connectivity index (χ2n) is 8.01. The smallest absolute Gasteiger partial charge is 0.397 e. The van der Waals surface area contributed by atoms with Crippen LogP contribution < -0.4 is 11.1 Å². The Labute approximate surface area is 199 Å². The number of hydrogen-bond acceptors (Lipinski definition) is 5. The molecule has 7 nitrogen and oxygen atoms in total. The molecule has 0 radical (unpaired) electrons. The number of halogens is 3. The Morgan fingerprint density at radius 3 is 2.54 bits per heavy atom. The first kappa shape index (κ1) is 23.9. The summed E-state index contributed by atoms with van der Waals surface area (Å²) in [5, 5.41) is 11.0. The van der Waals surface area contributed by atoms with Crippen LogP contribution in [-0.2, 0) is 30.4 Å². The maximum absolute atomic E-state index is 12.7. The summed E-state index contributed by atoms with van der Waals surface area (Å²) in [6, 6.07) is 14.2. The van der Waals surface area contributed by atoms with Gasteiger partial charge in [0.05, 0.1) is 22.6 Å². The largest absolute Gasteiger partial charge is 0.416 e. The van der Waals surface area contributed by atoms with E-state index in [0.717, 1.165) is 28.8 Å². The van der Waals surface area contributed by atoms with Gasteiger partial charge >= 0.3 is 6.18 Å². The molecule has 0 aliphatic heterocycles. The third kappa shape index (κ3) is 6.44. The monoisotopic (exact) mass is 480 g/mol. The number of hydrogen-bond donors (Lipinski definition) is 2. The second kappa shape index (κ2) is 10.4. The van der Waals surface area contributed by atoms with Crippen molar-refractivity contribution in [3.05, 3.63) is 90.0 Å². The number of anilines is 2. The minimum absolute atomic E-state index is 0.189. The van der Waals surface area contributed by atoms with Crippen LogP contribution in [0.1, 0.15) is 23.2 Å². The zero-order valence-electron chi connectivity index (χ0n) is 18.7. The third-order valence-electron chi connectivity index (χ3n) is 5.43. The number of benzene rings is 2. The van der Waals surface area contributed by atoms with E-state index < -0.39 is 11.7 Å². The van der Waals surface area contributed by atoms with E-state index in [2.05, 4.69) is 20.6 Å². The lowest BCUT2D eigenvalue weighted by atomic mass is 10.1. The van der Waals surface area contributed by atoms with Crippen molar-refractivity contribution in [2.75, 3.05) is 11.1 Å². The van der Waals surface area contributed by atoms with Gasteiger partial charge in [0, 0.05) is 43.5 Å². The average molecular weight is 480 g/mol. The summed E-state index contributed by atoms with van der Waals surface area (Å²) in [6.07, 6.45) is 1.89. The Bertz CT molecular complexity index is 1290. The Morgan fingerprint density at radius 1 is 1.03 bits per heavy atom. The van der Waals surface area contributed by atoms with Gasteiger partial charge in [0.2, 0.25) is 5.91 Å². The van der Waals surface area contributed by atoms with Crippen LogP contribution in [0.4, 0.5) is 24.5 Å². The van der Waals surface area contributed by atoms with Crippen LogP contribution in [0, 0.1) is 0 Å². The fourth-order valence-electron chi connectivity index (χ4n) is 3.50. The molecule has 0 spiro atoms. The minimum atomic E-state index is -4.35. The summed E-state index contributed by atoms with van der Waals surface area (Å²) in [5.41, 5.74) is 9.54. The van der Waals surface area contributed by atoms with Crippen LogP contribution in [0.25, 0.3) is 11.1 Å². The molecule has 0 unspecified atom stereocenters. The third-order valence-corrected chi connectivity index (χ3v) is 5.43. The van der Waals surface area contributed by atoms with Crippen LogP contribution in [0.2, 0.25) is 0 Å². The first-order valence-electron chi connectivity index (χ1n) is 10.9. The van der Waals surface area contributed by atoms with E-state index in [1.807, 2.05) is 24.3 Å². The fraction of sp³-hybridized carbons (Fsp3) is 0.200. The molecule has 10 heteroatoms. The molecule has 0 bridgehead atoms. The predicted octanol–water partition coefficient (Wildman–Crippen LogP) is 4.76. The first-order valence-corrected chi connectivity index (χ1v) is 10.9. The highest BCUT2D eigenvalue weighted by Gasteiger charge is 2.29. The zero-order chi connectivity index (χ0) is 24.8. The number of alkyl halides is 3. The summed E-state index contributed by atoms with van der Waals surface area (Å²) in [5.74, 6) is -0.209. The summed E-state index contributed by atoms with van der Waals surface area (Å²) in [4.78, 5) is 16.6. The van der Waals surface area contributed by atoms with Crippen molar-refractivity contribution in [2.45, 2.75) is 32.0 Å². The molecule has 0 atom stereocenters. The molecule has 0 aliphatic rings. The van der Waals surface area contributed by atoms with Crippen molar-refractivity contribution in [3.8, 4) is 11.1 Å². The molecule has 1 amide bonds. The molecular weight excluding hydrogens is 457 g/mol. The van der Waals surface area contributed by atoms with Crippen molar-refractivity contribution >= 4 is 17.3 Å². The highest BCUT2D eigenvalue weighted by atomic mass is 19.4. The molecule has 35 heavy (non-hydrogen) atoms. The molecule has 0 saturated carbocycles. The average Bonchev–Trinajstić information content (AvgIpc) is 3.31. The molecule has 4 rings (SSSR count). The van der Waals surface area contributed by atoms with Gasteiger partial charge in [-0.1, -0.05) is 29.5 Å². The van der Waals surface area contributed by atoms with Crippen LogP contribution in [0.3, 0.4) is 0 Å². The number of nitrogens with one attached hydrogen (secondary N) is 1. The lowest BCUT2D eigenvalue weighted by Gasteiger charge is -2.10. The lowest BCUT2D eigenvalue weighted by Crippen LogP contribution is -2.13. The van der Waals surface area contributed by atoms with Crippen molar-refractivity contribution in [1.29, 1.82) is 0 Å². The zero-order valence-corrected chi connectivity index (χ0v) is 18.7. The van der Waals surface area contributed by atoms with Gasteiger partial charge in [-0.25, -0.2) is 0 Å². The summed E-state index contributed by atoms with van der Waals surface area (Å²) in [6.45, 7) is 0.461. The molecule has 0 saturated heterocycles. The predicted molar refractivity (Wildman–Crippen MR) is 126 cm³/mol. The fourth-order valence-corrected chi connectivity index (χ4v) is 3.50. The molecule has 0 fully saturated rings. The maximum atomic E-state index is 12.7. The van der Waals surface area contributed by atoms with Gasteiger partial charge in [-0.05, 0) is 47.9 Å². The first-order chi connectivity index (χ1) is 16.8. The maximum Gasteiger partial charge on any atom is 0.416 e. The number of aryl methyl sites for hydroxylation is 3. The standard InChI is InChI=1S/C25H23F3N6O/c26-25(27,28)20-6-3-17(4-7-20)11-13-34-16-21(32-33-34)8-10-24(35)31-23-14-18(5-9-22(23)29)19-2-1-12-30-15-19/h1-7,9,12,14-16H,8,10-11,13,29H2,(H,31,35). The van der Waals surface area contributed by atoms with Gasteiger partial charge in [0.15, 0.2) is 0 Å². The van der Waals surface area contributed by atoms with Crippen LogP contribution in [0.15, 0.2) is 73.2 Å². The molecule has 3 N–H and O–H groups in total. The molecule has 2 heterocycles. The van der Waals surface area contributed by atoms with Crippen LogP contribution >= 0.6 is 0 Å². The van der Waals surface area contributed by atoms with E-state index in [4.69, 9.17) is 5.73 Å². The number of rotatable bonds is 8. The summed E-state index contributed by atoms with van der Waals surface area (Å²) >= 11 is 0. The number of carbonyl (C=O) groups is 1. The van der Waals surface area contributed by atoms with E-state index in [1.165, 1.54) is 12.1 Å². The van der Waals surface area contributed by atoms with E-state index >= 15 is 0 Å². The minimum Gasteiger partial charge on any atom is -0.397 e. The highest BCUT2D eigenvalue weighted by molar-refractivity contribution is 5.95. The number of carbonyl (C=O) groups excluding carboxylic acids is 1. The molecule has 2 aromatic carbocycles. The summed E-state index contributed by atoms with van der Waals surface area (Å²) < 4.78 is 39.6. The Morgan fingerprint density at radius 2 is 1.83 bits per heavy atom. The van der Waals surface area contributed by atoms with E-state index in [1.54, 1.807) is 29.3 Å². The SMILES string of the molecule is Nc1ccc(-c2cccnc2)cc1NC(=O)CCc1cn(CCc2ccc(C(F)(F)F)cc2)nn1. The van der Waals surface area contributed by atoms with Crippen LogP contribution in [-0.4, -0.2) is 25.9 Å². The van der Waals surface area contributed by atoms with Gasteiger partial charge in [-0.2, -0.15) is 13.2 Å².